The number of hydrogen-bond acceptors (Lipinski definition) is 7. The largest absolute Gasteiger partial charge is 0.449 e. The molecular formula is C43H57N3O4. The molecule has 0 aromatic heterocycles. The minimum atomic E-state index is -0.928. The lowest BCUT2D eigenvalue weighted by molar-refractivity contribution is -0.271. The Bertz CT molecular complexity index is 1670. The molecule has 7 nitrogen and oxygen atoms in total. The number of rotatable bonds is 7. The number of piperidine rings is 2. The van der Waals surface area contributed by atoms with Crippen molar-refractivity contribution in [3.05, 3.63) is 70.1 Å². The number of carbonyl (C=O) groups excluding carboxylic acids is 2. The first-order chi connectivity index (χ1) is 24.3. The second-order valence-electron chi connectivity index (χ2n) is 17.4. The van der Waals surface area contributed by atoms with E-state index in [1.165, 1.54) is 17.7 Å². The van der Waals surface area contributed by atoms with Gasteiger partial charge in [0.2, 0.25) is 0 Å². The zero-order valence-corrected chi connectivity index (χ0v) is 30.6. The van der Waals surface area contributed by atoms with Crippen molar-refractivity contribution in [1.82, 2.24) is 9.80 Å². The van der Waals surface area contributed by atoms with Crippen LogP contribution in [0.15, 0.2) is 53.5 Å². The van der Waals surface area contributed by atoms with Crippen LogP contribution in [0.3, 0.4) is 0 Å². The number of esters is 2. The molecular weight excluding hydrogens is 622 g/mol. The van der Waals surface area contributed by atoms with E-state index in [-0.39, 0.29) is 17.9 Å². The standard InChI is InChI=1S/C43H57N3O4/c1-4-8-32-14-16-37-42-18-17-31(33-20-27(3)13-15-35(33)46-25-28-21-29(26-46)24-45(32)23-28)22-41(42,40(48)49-37)36(9-5-2)43(42)34-12-6-10-30(11-7-19-44)38(34)39(47)50-43/h6,10,12,15-16,22,27-29,32-33,36H,4-5,7-9,11,13-14,17-21,23-26,44H2,1-3H3/b37-16+/t27-,28-,29+,32+,33+,36-,41-,42+,43+/m0/s1. The molecule has 7 heteroatoms. The first kappa shape index (κ1) is 33.0. The third-order valence-corrected chi connectivity index (χ3v) is 14.6. The summed E-state index contributed by atoms with van der Waals surface area (Å²) in [6, 6.07) is 6.70. The molecule has 1 aromatic rings. The lowest BCUT2D eigenvalue weighted by atomic mass is 9.31. The predicted molar refractivity (Wildman–Crippen MR) is 194 cm³/mol. The summed E-state index contributed by atoms with van der Waals surface area (Å²) in [4.78, 5) is 34.7. The zero-order valence-electron chi connectivity index (χ0n) is 30.6. The Morgan fingerprint density at radius 1 is 0.980 bits per heavy atom. The Balaban J connectivity index is 1.27. The zero-order chi connectivity index (χ0) is 34.4. The number of hydrogen-bond donors (Lipinski definition) is 1. The van der Waals surface area contributed by atoms with Crippen molar-refractivity contribution >= 4 is 11.9 Å². The molecule has 50 heavy (non-hydrogen) atoms. The summed E-state index contributed by atoms with van der Waals surface area (Å²) in [7, 11) is 0. The third kappa shape index (κ3) is 4.28. The quantitative estimate of drug-likeness (QED) is 0.240. The van der Waals surface area contributed by atoms with Crippen LogP contribution < -0.4 is 5.73 Å². The average molecular weight is 680 g/mol. The van der Waals surface area contributed by atoms with E-state index in [4.69, 9.17) is 15.2 Å². The van der Waals surface area contributed by atoms with Crippen LogP contribution in [0.4, 0.5) is 0 Å². The molecule has 12 rings (SSSR count). The lowest BCUT2D eigenvalue weighted by Gasteiger charge is -2.69. The van der Waals surface area contributed by atoms with Crippen LogP contribution in [-0.2, 0) is 26.3 Å². The van der Waals surface area contributed by atoms with Gasteiger partial charge in [-0.3, -0.25) is 9.69 Å². The highest BCUT2D eigenvalue weighted by Gasteiger charge is 2.91. The van der Waals surface area contributed by atoms with E-state index in [2.05, 4.69) is 67.0 Å². The van der Waals surface area contributed by atoms with Gasteiger partial charge in [0.25, 0.3) is 0 Å². The van der Waals surface area contributed by atoms with Gasteiger partial charge in [-0.1, -0.05) is 69.5 Å². The topological polar surface area (TPSA) is 85.1 Å². The molecule has 10 atom stereocenters. The minimum Gasteiger partial charge on any atom is -0.449 e. The van der Waals surface area contributed by atoms with Crippen molar-refractivity contribution < 1.29 is 19.1 Å². The molecule has 1 aromatic carbocycles. The molecule has 3 aliphatic carbocycles. The highest BCUT2D eigenvalue weighted by Crippen LogP contribution is 2.84. The van der Waals surface area contributed by atoms with Crippen LogP contribution in [0.1, 0.15) is 113 Å². The number of fused-ring (bicyclic) bond motifs is 2. The van der Waals surface area contributed by atoms with Crippen molar-refractivity contribution in [2.24, 2.45) is 46.2 Å². The fraction of sp³-hybridized carbons (Fsp3) is 0.674. The molecule has 2 N–H and O–H groups in total. The number of nitrogens with zero attached hydrogens (tertiary/aromatic N) is 2. The smallest absolute Gasteiger partial charge is 0.339 e. The van der Waals surface area contributed by atoms with E-state index >= 15 is 0 Å². The second kappa shape index (κ2) is 12.1. The van der Waals surface area contributed by atoms with Gasteiger partial charge in [0.1, 0.15) is 11.2 Å². The van der Waals surface area contributed by atoms with Crippen molar-refractivity contribution in [2.45, 2.75) is 109 Å². The maximum absolute atomic E-state index is 14.9. The highest BCUT2D eigenvalue weighted by atomic mass is 16.6. The molecule has 8 bridgehead atoms. The molecule has 0 amide bonds. The molecule has 0 radical (unpaired) electrons. The normalized spacial score (nSPS) is 42.0. The number of nitrogens with two attached hydrogens (primary N) is 1. The fourth-order valence-corrected chi connectivity index (χ4v) is 12.9. The first-order valence-electron chi connectivity index (χ1n) is 20.2. The summed E-state index contributed by atoms with van der Waals surface area (Å²) >= 11 is 0. The van der Waals surface area contributed by atoms with Gasteiger partial charge in [0.05, 0.1) is 11.0 Å². The molecule has 3 saturated heterocycles. The van der Waals surface area contributed by atoms with Gasteiger partial charge in [-0.25, -0.2) is 4.79 Å². The molecule has 8 aliphatic heterocycles. The van der Waals surface area contributed by atoms with Gasteiger partial charge in [-0.15, -0.1) is 0 Å². The van der Waals surface area contributed by atoms with E-state index < -0.39 is 16.4 Å². The number of allylic oxidation sites excluding steroid dienone is 2. The van der Waals surface area contributed by atoms with Gasteiger partial charge in [-0.2, -0.15) is 0 Å². The van der Waals surface area contributed by atoms with Gasteiger partial charge in [0, 0.05) is 55.3 Å². The highest BCUT2D eigenvalue weighted by molar-refractivity contribution is 5.99. The van der Waals surface area contributed by atoms with E-state index in [1.54, 1.807) is 0 Å². The second-order valence-corrected chi connectivity index (χ2v) is 17.4. The van der Waals surface area contributed by atoms with Crippen LogP contribution in [0, 0.1) is 40.4 Å². The molecule has 2 spiro atoms. The van der Waals surface area contributed by atoms with Gasteiger partial charge in [0.15, 0.2) is 5.60 Å². The van der Waals surface area contributed by atoms with E-state index in [9.17, 15) is 9.59 Å². The van der Waals surface area contributed by atoms with Gasteiger partial charge >= 0.3 is 11.9 Å². The van der Waals surface area contributed by atoms with Crippen molar-refractivity contribution in [1.29, 1.82) is 0 Å². The lowest BCUT2D eigenvalue weighted by Crippen LogP contribution is -2.75. The van der Waals surface area contributed by atoms with E-state index in [1.807, 2.05) is 0 Å². The Hall–Kier alpha value is -2.90. The summed E-state index contributed by atoms with van der Waals surface area (Å²) in [6.07, 6.45) is 18.9. The summed E-state index contributed by atoms with van der Waals surface area (Å²) in [5.41, 5.74) is 9.08. The number of aryl methyl sites for hydroxylation is 1. The summed E-state index contributed by atoms with van der Waals surface area (Å²) < 4.78 is 13.6. The number of carbonyl (C=O) groups is 2. The van der Waals surface area contributed by atoms with Crippen LogP contribution in [-0.4, -0.2) is 60.5 Å². The Morgan fingerprint density at radius 2 is 1.78 bits per heavy atom. The van der Waals surface area contributed by atoms with E-state index in [0.29, 0.717) is 41.8 Å². The van der Waals surface area contributed by atoms with Crippen LogP contribution in [0.5, 0.6) is 0 Å². The van der Waals surface area contributed by atoms with Crippen LogP contribution in [0.25, 0.3) is 0 Å². The van der Waals surface area contributed by atoms with Crippen LogP contribution in [0.2, 0.25) is 0 Å². The van der Waals surface area contributed by atoms with Crippen molar-refractivity contribution in [3.63, 3.8) is 0 Å². The van der Waals surface area contributed by atoms with Gasteiger partial charge < -0.3 is 20.1 Å². The minimum absolute atomic E-state index is 0.121. The molecule has 8 heterocycles. The van der Waals surface area contributed by atoms with E-state index in [0.717, 1.165) is 114 Å². The summed E-state index contributed by atoms with van der Waals surface area (Å²) in [5.74, 6) is 2.54. The number of benzene rings is 1. The Labute approximate surface area is 298 Å². The molecule has 1 saturated carbocycles. The molecule has 11 aliphatic rings. The van der Waals surface area contributed by atoms with Crippen molar-refractivity contribution in [3.8, 4) is 0 Å². The summed E-state index contributed by atoms with van der Waals surface area (Å²) in [6.45, 7) is 12.0. The summed E-state index contributed by atoms with van der Waals surface area (Å²) in [5, 5.41) is 0. The van der Waals surface area contributed by atoms with Gasteiger partial charge in [-0.05, 0) is 100 Å². The van der Waals surface area contributed by atoms with Crippen molar-refractivity contribution in [2.75, 3.05) is 32.7 Å². The maximum atomic E-state index is 14.9. The maximum Gasteiger partial charge on any atom is 0.339 e. The molecule has 268 valence electrons. The number of ether oxygens (including phenoxy) is 2. The SMILES string of the molecule is CCC[C@@H]1C/C=C2/OC(=O)[C@@]34C=C(CC[C@@]23[C@]2(OC(=O)c3c(CCCN)cccc32)[C@H]4CCC)[C@H]2C[C@@H](C)CC=C2N2C[C@H]3C[C@@H](C2)CN1C3. The Morgan fingerprint density at radius 3 is 2.54 bits per heavy atom. The molecule has 1 unspecified atom stereocenters. The first-order valence-corrected chi connectivity index (χ1v) is 20.2. The van der Waals surface area contributed by atoms with Crippen LogP contribution >= 0.6 is 0 Å². The predicted octanol–water partition coefficient (Wildman–Crippen LogP) is 7.26. The molecule has 4 fully saturated rings. The Kier molecular flexibility index (Phi) is 7.97. The fourth-order valence-electron chi connectivity index (χ4n) is 12.9. The third-order valence-electron chi connectivity index (χ3n) is 14.6. The monoisotopic (exact) mass is 679 g/mol. The average Bonchev–Trinajstić information content (AvgIpc) is 3.55.